The number of hydrogen-bond acceptors (Lipinski definition) is 5. The Kier molecular flexibility index (Phi) is 3.03. The zero-order valence-corrected chi connectivity index (χ0v) is 10.5. The second-order valence-electron chi connectivity index (χ2n) is 4.41. The molecule has 0 aliphatic carbocycles. The van der Waals surface area contributed by atoms with Gasteiger partial charge in [0.05, 0.1) is 18.1 Å². The second-order valence-corrected chi connectivity index (χ2v) is 4.41. The van der Waals surface area contributed by atoms with Crippen LogP contribution in [0.4, 0.5) is 15.9 Å². The van der Waals surface area contributed by atoms with E-state index in [-0.39, 0.29) is 17.4 Å². The number of hydrazine groups is 1. The molecule has 1 aliphatic rings. The molecule has 0 bridgehead atoms. The van der Waals surface area contributed by atoms with Crippen LogP contribution in [0.2, 0.25) is 0 Å². The van der Waals surface area contributed by atoms with Gasteiger partial charge in [-0.2, -0.15) is 0 Å². The van der Waals surface area contributed by atoms with Crippen LogP contribution in [-0.2, 0) is 6.42 Å². The number of nitrogens with two attached hydrogens (primary N) is 1. The maximum atomic E-state index is 13.3. The SMILES string of the molecule is NNc1cncc(C(=O)N2CCc3ccc(F)cc32)n1. The average molecular weight is 273 g/mol. The van der Waals surface area contributed by atoms with E-state index in [1.807, 2.05) is 0 Å². The summed E-state index contributed by atoms with van der Waals surface area (Å²) in [6.45, 7) is 0.500. The Morgan fingerprint density at radius 1 is 1.40 bits per heavy atom. The van der Waals surface area contributed by atoms with E-state index in [2.05, 4.69) is 15.4 Å². The Bertz CT molecular complexity index is 676. The first-order valence-corrected chi connectivity index (χ1v) is 6.08. The van der Waals surface area contributed by atoms with Gasteiger partial charge in [-0.25, -0.2) is 15.2 Å². The summed E-state index contributed by atoms with van der Waals surface area (Å²) in [5.74, 6) is 4.85. The number of nitrogen functional groups attached to an aromatic ring is 1. The zero-order chi connectivity index (χ0) is 14.1. The highest BCUT2D eigenvalue weighted by Gasteiger charge is 2.27. The van der Waals surface area contributed by atoms with Crippen molar-refractivity contribution in [2.45, 2.75) is 6.42 Å². The molecule has 2 heterocycles. The summed E-state index contributed by atoms with van der Waals surface area (Å²) in [7, 11) is 0. The third-order valence-corrected chi connectivity index (χ3v) is 3.19. The zero-order valence-electron chi connectivity index (χ0n) is 10.5. The van der Waals surface area contributed by atoms with Crippen molar-refractivity contribution in [1.29, 1.82) is 0 Å². The van der Waals surface area contributed by atoms with Crippen LogP contribution in [-0.4, -0.2) is 22.4 Å². The van der Waals surface area contributed by atoms with Gasteiger partial charge in [0.25, 0.3) is 5.91 Å². The van der Waals surface area contributed by atoms with Gasteiger partial charge in [0.15, 0.2) is 5.82 Å². The number of fused-ring (bicyclic) bond motifs is 1. The van der Waals surface area contributed by atoms with Crippen LogP contribution in [0, 0.1) is 5.82 Å². The van der Waals surface area contributed by atoms with Crippen LogP contribution in [0.25, 0.3) is 0 Å². The lowest BCUT2D eigenvalue weighted by atomic mass is 10.2. The van der Waals surface area contributed by atoms with Crippen LogP contribution < -0.4 is 16.2 Å². The molecule has 0 unspecified atom stereocenters. The minimum Gasteiger partial charge on any atom is -0.307 e. The maximum absolute atomic E-state index is 13.3. The number of amides is 1. The molecule has 1 aromatic heterocycles. The summed E-state index contributed by atoms with van der Waals surface area (Å²) >= 11 is 0. The number of aromatic nitrogens is 2. The van der Waals surface area contributed by atoms with Gasteiger partial charge >= 0.3 is 0 Å². The molecule has 0 saturated carbocycles. The molecule has 0 radical (unpaired) electrons. The van der Waals surface area contributed by atoms with E-state index in [0.717, 1.165) is 5.56 Å². The van der Waals surface area contributed by atoms with Crippen molar-refractivity contribution in [2.24, 2.45) is 5.84 Å². The number of benzene rings is 1. The lowest BCUT2D eigenvalue weighted by Crippen LogP contribution is -2.30. The van der Waals surface area contributed by atoms with Crippen molar-refractivity contribution in [3.63, 3.8) is 0 Å². The van der Waals surface area contributed by atoms with Gasteiger partial charge < -0.3 is 10.3 Å². The predicted octanol–water partition coefficient (Wildman–Crippen LogP) is 1.10. The molecule has 0 fully saturated rings. The fourth-order valence-electron chi connectivity index (χ4n) is 2.24. The van der Waals surface area contributed by atoms with Gasteiger partial charge in [-0.1, -0.05) is 6.07 Å². The fraction of sp³-hybridized carbons (Fsp3) is 0.154. The third kappa shape index (κ3) is 2.08. The number of hydrogen-bond donors (Lipinski definition) is 2. The van der Waals surface area contributed by atoms with Crippen LogP contribution in [0.1, 0.15) is 16.1 Å². The molecule has 20 heavy (non-hydrogen) atoms. The summed E-state index contributed by atoms with van der Waals surface area (Å²) in [6, 6.07) is 4.45. The first kappa shape index (κ1) is 12.5. The summed E-state index contributed by atoms with van der Waals surface area (Å²) in [5.41, 5.74) is 4.03. The maximum Gasteiger partial charge on any atom is 0.278 e. The number of anilines is 2. The van der Waals surface area contributed by atoms with Crippen molar-refractivity contribution in [3.8, 4) is 0 Å². The molecule has 1 aromatic carbocycles. The van der Waals surface area contributed by atoms with Gasteiger partial charge in [0.1, 0.15) is 11.5 Å². The molecule has 2 aromatic rings. The summed E-state index contributed by atoms with van der Waals surface area (Å²) in [6.07, 6.45) is 3.47. The topological polar surface area (TPSA) is 84.1 Å². The monoisotopic (exact) mass is 273 g/mol. The molecule has 3 N–H and O–H groups in total. The highest BCUT2D eigenvalue weighted by Crippen LogP contribution is 2.29. The molecular weight excluding hydrogens is 261 g/mol. The Morgan fingerprint density at radius 3 is 3.05 bits per heavy atom. The van der Waals surface area contributed by atoms with Crippen LogP contribution >= 0.6 is 0 Å². The summed E-state index contributed by atoms with van der Waals surface area (Å²) in [5, 5.41) is 0. The van der Waals surface area contributed by atoms with Gasteiger partial charge in [0.2, 0.25) is 0 Å². The number of rotatable bonds is 2. The minimum absolute atomic E-state index is 0.164. The summed E-state index contributed by atoms with van der Waals surface area (Å²) in [4.78, 5) is 21.9. The number of halogens is 1. The van der Waals surface area contributed by atoms with Crippen molar-refractivity contribution in [1.82, 2.24) is 9.97 Å². The molecule has 1 aliphatic heterocycles. The van der Waals surface area contributed by atoms with Crippen LogP contribution in [0.15, 0.2) is 30.6 Å². The minimum atomic E-state index is -0.369. The number of nitrogens with one attached hydrogen (secondary N) is 1. The van der Waals surface area contributed by atoms with Gasteiger partial charge in [-0.05, 0) is 24.1 Å². The summed E-state index contributed by atoms with van der Waals surface area (Å²) < 4.78 is 13.3. The molecular formula is C13H12FN5O. The Balaban J connectivity index is 1.95. The van der Waals surface area contributed by atoms with Gasteiger partial charge in [0, 0.05) is 6.54 Å². The Hall–Kier alpha value is -2.54. The fourth-order valence-corrected chi connectivity index (χ4v) is 2.24. The quantitative estimate of drug-likeness (QED) is 0.632. The van der Waals surface area contributed by atoms with E-state index in [1.54, 1.807) is 6.07 Å². The van der Waals surface area contributed by atoms with E-state index < -0.39 is 0 Å². The molecule has 6 nitrogen and oxygen atoms in total. The molecule has 1 amide bonds. The van der Waals surface area contributed by atoms with E-state index in [4.69, 9.17) is 5.84 Å². The van der Waals surface area contributed by atoms with Crippen LogP contribution in [0.3, 0.4) is 0 Å². The van der Waals surface area contributed by atoms with Crippen molar-refractivity contribution < 1.29 is 9.18 Å². The Labute approximate surface area is 114 Å². The van der Waals surface area contributed by atoms with E-state index in [0.29, 0.717) is 24.5 Å². The molecule has 0 spiro atoms. The number of nitrogens with zero attached hydrogens (tertiary/aromatic N) is 3. The highest BCUT2D eigenvalue weighted by molar-refractivity contribution is 6.06. The standard InChI is InChI=1S/C13H12FN5O/c14-9-2-1-8-3-4-19(11(8)5-9)13(20)10-6-16-7-12(17-10)18-15/h1-2,5-7H,3-4,15H2,(H,17,18). The average Bonchev–Trinajstić information content (AvgIpc) is 2.89. The first-order chi connectivity index (χ1) is 9.69. The third-order valence-electron chi connectivity index (χ3n) is 3.19. The van der Waals surface area contributed by atoms with Crippen molar-refractivity contribution in [2.75, 3.05) is 16.9 Å². The molecule has 0 saturated heterocycles. The predicted molar refractivity (Wildman–Crippen MR) is 71.6 cm³/mol. The lowest BCUT2D eigenvalue weighted by molar-refractivity contribution is 0.0984. The van der Waals surface area contributed by atoms with Crippen molar-refractivity contribution >= 4 is 17.4 Å². The number of carbonyl (C=O) groups excluding carboxylic acids is 1. The smallest absolute Gasteiger partial charge is 0.278 e. The largest absolute Gasteiger partial charge is 0.307 e. The second kappa shape index (κ2) is 4.86. The highest BCUT2D eigenvalue weighted by atomic mass is 19.1. The van der Waals surface area contributed by atoms with E-state index >= 15 is 0 Å². The molecule has 0 atom stereocenters. The van der Waals surface area contributed by atoms with Gasteiger partial charge in [-0.15, -0.1) is 0 Å². The normalized spacial score (nSPS) is 13.2. The van der Waals surface area contributed by atoms with Crippen molar-refractivity contribution in [3.05, 3.63) is 47.7 Å². The molecule has 7 heteroatoms. The number of carbonyl (C=O) groups is 1. The Morgan fingerprint density at radius 2 is 2.25 bits per heavy atom. The molecule has 102 valence electrons. The van der Waals surface area contributed by atoms with E-state index in [1.165, 1.54) is 29.4 Å². The molecule has 3 rings (SSSR count). The van der Waals surface area contributed by atoms with Gasteiger partial charge in [-0.3, -0.25) is 9.78 Å². The van der Waals surface area contributed by atoms with E-state index in [9.17, 15) is 9.18 Å². The first-order valence-electron chi connectivity index (χ1n) is 6.08. The lowest BCUT2D eigenvalue weighted by Gasteiger charge is -2.16. The van der Waals surface area contributed by atoms with Crippen LogP contribution in [0.5, 0.6) is 0 Å².